The van der Waals surface area contributed by atoms with Crippen LogP contribution in [-0.2, 0) is 24.8 Å². The average molecular weight is 315 g/mol. The second kappa shape index (κ2) is 7.66. The summed E-state index contributed by atoms with van der Waals surface area (Å²) >= 11 is 0. The van der Waals surface area contributed by atoms with Crippen molar-refractivity contribution in [1.82, 2.24) is 24.6 Å². The number of hydrogen-bond acceptors (Lipinski definition) is 5. The topological polar surface area (TPSA) is 56.1 Å². The van der Waals surface area contributed by atoms with Gasteiger partial charge in [-0.2, -0.15) is 5.10 Å². The van der Waals surface area contributed by atoms with Crippen LogP contribution in [0, 0.1) is 0 Å². The normalized spacial score (nSPS) is 21.2. The molecule has 0 saturated carbocycles. The first-order valence-electron chi connectivity index (χ1n) is 8.32. The van der Waals surface area contributed by atoms with E-state index in [1.807, 2.05) is 30.3 Å². The van der Waals surface area contributed by atoms with Crippen molar-refractivity contribution < 1.29 is 4.74 Å². The molecule has 1 aliphatic rings. The highest BCUT2D eigenvalue weighted by molar-refractivity contribution is 5.05. The Labute approximate surface area is 137 Å². The maximum absolute atomic E-state index is 6.22. The largest absolute Gasteiger partial charge is 0.373 e. The molecule has 23 heavy (non-hydrogen) atoms. The van der Waals surface area contributed by atoms with E-state index in [-0.39, 0.29) is 0 Å². The quantitative estimate of drug-likeness (QED) is 0.780. The van der Waals surface area contributed by atoms with Gasteiger partial charge in [-0.05, 0) is 24.9 Å². The summed E-state index contributed by atoms with van der Waals surface area (Å²) < 4.78 is 8.08. The van der Waals surface area contributed by atoms with E-state index in [0.717, 1.165) is 44.5 Å². The fraction of sp³-hybridized carbons (Fsp3) is 0.588. The fourth-order valence-corrected chi connectivity index (χ4v) is 3.17. The lowest BCUT2D eigenvalue weighted by molar-refractivity contribution is 0.0227. The minimum Gasteiger partial charge on any atom is -0.373 e. The van der Waals surface area contributed by atoms with Crippen molar-refractivity contribution in [2.75, 3.05) is 13.1 Å². The molecule has 2 aromatic rings. The molecule has 1 fully saturated rings. The van der Waals surface area contributed by atoms with Gasteiger partial charge in [0, 0.05) is 50.7 Å². The fourth-order valence-electron chi connectivity index (χ4n) is 3.17. The van der Waals surface area contributed by atoms with Gasteiger partial charge in [0.25, 0.3) is 0 Å². The molecule has 1 aliphatic heterocycles. The SMILES string of the molecule is CCN(Cc1cnn(C)c1)C[C@H]1CC[C@@H](Cc2cncnc2)O1. The van der Waals surface area contributed by atoms with E-state index in [0.29, 0.717) is 12.2 Å². The van der Waals surface area contributed by atoms with Gasteiger partial charge in [-0.3, -0.25) is 9.58 Å². The molecule has 0 aliphatic carbocycles. The number of ether oxygens (including phenoxy) is 1. The Balaban J connectivity index is 1.48. The number of aryl methyl sites for hydroxylation is 1. The number of aromatic nitrogens is 4. The summed E-state index contributed by atoms with van der Waals surface area (Å²) in [6.07, 6.45) is 13.1. The van der Waals surface area contributed by atoms with Crippen LogP contribution >= 0.6 is 0 Å². The Morgan fingerprint density at radius 1 is 1.17 bits per heavy atom. The van der Waals surface area contributed by atoms with Gasteiger partial charge in [-0.1, -0.05) is 6.92 Å². The summed E-state index contributed by atoms with van der Waals surface area (Å²) in [6.45, 7) is 5.13. The van der Waals surface area contributed by atoms with Crippen molar-refractivity contribution in [3.63, 3.8) is 0 Å². The molecule has 124 valence electrons. The molecular weight excluding hydrogens is 290 g/mol. The molecule has 0 unspecified atom stereocenters. The highest BCUT2D eigenvalue weighted by Crippen LogP contribution is 2.23. The molecule has 6 heteroatoms. The molecule has 0 spiro atoms. The van der Waals surface area contributed by atoms with Crippen LogP contribution in [0.25, 0.3) is 0 Å². The molecule has 0 N–H and O–H groups in total. The summed E-state index contributed by atoms with van der Waals surface area (Å²) in [5.41, 5.74) is 2.41. The van der Waals surface area contributed by atoms with Crippen molar-refractivity contribution in [3.8, 4) is 0 Å². The smallest absolute Gasteiger partial charge is 0.115 e. The molecule has 3 rings (SSSR count). The molecule has 0 aromatic carbocycles. The first-order valence-corrected chi connectivity index (χ1v) is 8.32. The summed E-state index contributed by atoms with van der Waals surface area (Å²) in [4.78, 5) is 10.6. The van der Waals surface area contributed by atoms with Crippen molar-refractivity contribution in [3.05, 3.63) is 42.2 Å². The van der Waals surface area contributed by atoms with Gasteiger partial charge < -0.3 is 4.74 Å². The number of hydrogen-bond donors (Lipinski definition) is 0. The first kappa shape index (κ1) is 16.1. The van der Waals surface area contributed by atoms with Crippen molar-refractivity contribution in [2.24, 2.45) is 7.05 Å². The highest BCUT2D eigenvalue weighted by Gasteiger charge is 2.27. The van der Waals surface area contributed by atoms with Gasteiger partial charge >= 0.3 is 0 Å². The number of rotatable bonds is 7. The molecule has 3 heterocycles. The molecule has 0 amide bonds. The van der Waals surface area contributed by atoms with Crippen LogP contribution in [0.15, 0.2) is 31.1 Å². The second-order valence-electron chi connectivity index (χ2n) is 6.26. The lowest BCUT2D eigenvalue weighted by Gasteiger charge is -2.23. The minimum atomic E-state index is 0.295. The zero-order valence-electron chi connectivity index (χ0n) is 13.9. The van der Waals surface area contributed by atoms with Gasteiger partial charge in [-0.25, -0.2) is 9.97 Å². The van der Waals surface area contributed by atoms with Crippen LogP contribution in [0.3, 0.4) is 0 Å². The predicted molar refractivity (Wildman–Crippen MR) is 87.8 cm³/mol. The minimum absolute atomic E-state index is 0.295. The third-order valence-corrected chi connectivity index (χ3v) is 4.35. The molecule has 1 saturated heterocycles. The summed E-state index contributed by atoms with van der Waals surface area (Å²) in [5, 5.41) is 4.24. The van der Waals surface area contributed by atoms with Crippen LogP contribution in [0.4, 0.5) is 0 Å². The predicted octanol–water partition coefficient (Wildman–Crippen LogP) is 1.82. The third kappa shape index (κ3) is 4.59. The van der Waals surface area contributed by atoms with Crippen LogP contribution in [0.2, 0.25) is 0 Å². The van der Waals surface area contributed by atoms with Gasteiger partial charge in [-0.15, -0.1) is 0 Å². The molecule has 2 atom stereocenters. The Morgan fingerprint density at radius 3 is 2.65 bits per heavy atom. The standard InChI is InChI=1S/C17H25N5O/c1-3-22(11-15-9-20-21(2)10-15)12-17-5-4-16(23-17)6-14-7-18-13-19-8-14/h7-10,13,16-17H,3-6,11-12H2,1-2H3/t16-,17+/m0/s1. The lowest BCUT2D eigenvalue weighted by Crippen LogP contribution is -2.32. The van der Waals surface area contributed by atoms with Crippen molar-refractivity contribution in [1.29, 1.82) is 0 Å². The van der Waals surface area contributed by atoms with E-state index in [1.54, 1.807) is 6.33 Å². The maximum Gasteiger partial charge on any atom is 0.115 e. The Hall–Kier alpha value is -1.79. The summed E-state index contributed by atoms with van der Waals surface area (Å²) in [6, 6.07) is 0. The molecule has 2 aromatic heterocycles. The number of likely N-dealkylation sites (N-methyl/N-ethyl adjacent to an activating group) is 1. The van der Waals surface area contributed by atoms with Crippen LogP contribution in [0.1, 0.15) is 30.9 Å². The zero-order chi connectivity index (χ0) is 16.1. The maximum atomic E-state index is 6.22. The number of nitrogens with zero attached hydrogens (tertiary/aromatic N) is 5. The summed E-state index contributed by atoms with van der Waals surface area (Å²) in [5.74, 6) is 0. The third-order valence-electron chi connectivity index (χ3n) is 4.35. The summed E-state index contributed by atoms with van der Waals surface area (Å²) in [7, 11) is 1.96. The van der Waals surface area contributed by atoms with Crippen LogP contribution in [0.5, 0.6) is 0 Å². The van der Waals surface area contributed by atoms with E-state index < -0.39 is 0 Å². The Kier molecular flexibility index (Phi) is 5.35. The molecule has 0 bridgehead atoms. The van der Waals surface area contributed by atoms with Gasteiger partial charge in [0.1, 0.15) is 6.33 Å². The van der Waals surface area contributed by atoms with Crippen molar-refractivity contribution >= 4 is 0 Å². The Bertz CT molecular complexity index is 600. The lowest BCUT2D eigenvalue weighted by atomic mass is 10.1. The van der Waals surface area contributed by atoms with Crippen LogP contribution < -0.4 is 0 Å². The van der Waals surface area contributed by atoms with Gasteiger partial charge in [0.2, 0.25) is 0 Å². The zero-order valence-corrected chi connectivity index (χ0v) is 13.9. The van der Waals surface area contributed by atoms with E-state index >= 15 is 0 Å². The second-order valence-corrected chi connectivity index (χ2v) is 6.26. The average Bonchev–Trinajstić information content (AvgIpc) is 3.17. The first-order chi connectivity index (χ1) is 11.2. The van der Waals surface area contributed by atoms with Crippen molar-refractivity contribution in [2.45, 2.75) is 44.9 Å². The van der Waals surface area contributed by atoms with E-state index in [1.165, 1.54) is 5.56 Å². The van der Waals surface area contributed by atoms with Crippen LogP contribution in [-0.4, -0.2) is 49.9 Å². The monoisotopic (exact) mass is 315 g/mol. The van der Waals surface area contributed by atoms with E-state index in [9.17, 15) is 0 Å². The van der Waals surface area contributed by atoms with Gasteiger partial charge in [0.05, 0.1) is 18.4 Å². The van der Waals surface area contributed by atoms with E-state index in [2.05, 4.69) is 33.1 Å². The van der Waals surface area contributed by atoms with E-state index in [4.69, 9.17) is 4.74 Å². The van der Waals surface area contributed by atoms with Gasteiger partial charge in [0.15, 0.2) is 0 Å². The highest BCUT2D eigenvalue weighted by atomic mass is 16.5. The molecule has 6 nitrogen and oxygen atoms in total. The Morgan fingerprint density at radius 2 is 1.96 bits per heavy atom. The molecular formula is C17H25N5O. The molecule has 0 radical (unpaired) electrons.